The number of benzene rings is 2. The number of imidazole rings is 1. The van der Waals surface area contributed by atoms with Crippen LogP contribution in [-0.2, 0) is 13.0 Å². The third-order valence-corrected chi connectivity index (χ3v) is 4.15. The Kier molecular flexibility index (Phi) is 4.04. The van der Waals surface area contributed by atoms with Gasteiger partial charge in [-0.3, -0.25) is 0 Å². The largest absolute Gasteiger partial charge is 0.508 e. The number of phenolic OH excluding ortho intramolecular Hbond substituents is 1. The van der Waals surface area contributed by atoms with Crippen LogP contribution in [0.2, 0.25) is 0 Å². The maximum atomic E-state index is 9.97. The maximum Gasteiger partial charge on any atom is 0.120 e. The molecule has 4 aromatic rings. The van der Waals surface area contributed by atoms with Gasteiger partial charge in [0.1, 0.15) is 11.6 Å². The molecule has 0 aliphatic rings. The number of nitrogens with zero attached hydrogens (tertiary/aromatic N) is 4. The topological polar surface area (TPSA) is 55.9 Å². The third kappa shape index (κ3) is 3.30. The first-order valence-corrected chi connectivity index (χ1v) is 8.15. The highest BCUT2D eigenvalue weighted by atomic mass is 16.3. The summed E-state index contributed by atoms with van der Waals surface area (Å²) < 4.78 is 3.92. The van der Waals surface area contributed by atoms with Gasteiger partial charge < -0.3 is 9.67 Å². The van der Waals surface area contributed by atoms with E-state index in [-0.39, 0.29) is 0 Å². The SMILES string of the molecule is Oc1ccccc1Cn1ccnc1Cc1cnn(-c2ccccc2)c1. The van der Waals surface area contributed by atoms with Crippen LogP contribution in [0.25, 0.3) is 5.69 Å². The van der Waals surface area contributed by atoms with E-state index in [1.54, 1.807) is 12.3 Å². The molecule has 0 aliphatic heterocycles. The Hall–Kier alpha value is -3.34. The number of hydrogen-bond donors (Lipinski definition) is 1. The van der Waals surface area contributed by atoms with Gasteiger partial charge in [-0.05, 0) is 23.8 Å². The minimum atomic E-state index is 0.305. The number of rotatable bonds is 5. The van der Waals surface area contributed by atoms with Crippen LogP contribution in [0.3, 0.4) is 0 Å². The van der Waals surface area contributed by atoms with Gasteiger partial charge in [-0.2, -0.15) is 5.10 Å². The first kappa shape index (κ1) is 15.2. The van der Waals surface area contributed by atoms with Crippen LogP contribution >= 0.6 is 0 Å². The van der Waals surface area contributed by atoms with E-state index in [4.69, 9.17) is 0 Å². The quantitative estimate of drug-likeness (QED) is 0.610. The molecule has 0 aliphatic carbocycles. The summed E-state index contributed by atoms with van der Waals surface area (Å²) in [6.45, 7) is 0.592. The number of para-hydroxylation sites is 2. The fourth-order valence-corrected chi connectivity index (χ4v) is 2.84. The van der Waals surface area contributed by atoms with Crippen molar-refractivity contribution in [3.8, 4) is 11.4 Å². The monoisotopic (exact) mass is 330 g/mol. The molecule has 0 spiro atoms. The molecule has 0 atom stereocenters. The van der Waals surface area contributed by atoms with Crippen molar-refractivity contribution >= 4 is 0 Å². The van der Waals surface area contributed by atoms with Gasteiger partial charge in [0.2, 0.25) is 0 Å². The average molecular weight is 330 g/mol. The fraction of sp³-hybridized carbons (Fsp3) is 0.100. The Morgan fingerprint density at radius 2 is 1.76 bits per heavy atom. The molecule has 2 aromatic heterocycles. The van der Waals surface area contributed by atoms with Gasteiger partial charge in [-0.25, -0.2) is 9.67 Å². The fourth-order valence-electron chi connectivity index (χ4n) is 2.84. The van der Waals surface area contributed by atoms with Crippen LogP contribution in [0.5, 0.6) is 5.75 Å². The van der Waals surface area contributed by atoms with Crippen molar-refractivity contribution in [3.05, 3.63) is 96.3 Å². The number of hydrogen-bond acceptors (Lipinski definition) is 3. The highest BCUT2D eigenvalue weighted by Gasteiger charge is 2.09. The summed E-state index contributed by atoms with van der Waals surface area (Å²) in [6, 6.07) is 17.4. The van der Waals surface area contributed by atoms with Gasteiger partial charge in [0, 0.05) is 30.6 Å². The van der Waals surface area contributed by atoms with Gasteiger partial charge in [0.25, 0.3) is 0 Å². The second-order valence-electron chi connectivity index (χ2n) is 5.91. The lowest BCUT2D eigenvalue weighted by Gasteiger charge is -2.08. The first-order chi connectivity index (χ1) is 12.3. The van der Waals surface area contributed by atoms with Crippen molar-refractivity contribution in [1.29, 1.82) is 0 Å². The van der Waals surface area contributed by atoms with Crippen LogP contribution in [0.4, 0.5) is 0 Å². The molecule has 4 rings (SSSR count). The van der Waals surface area contributed by atoms with Crippen LogP contribution in [0.1, 0.15) is 17.0 Å². The molecule has 1 N–H and O–H groups in total. The summed E-state index contributed by atoms with van der Waals surface area (Å²) >= 11 is 0. The van der Waals surface area contributed by atoms with Crippen LogP contribution < -0.4 is 0 Å². The molecule has 2 aromatic carbocycles. The van der Waals surface area contributed by atoms with E-state index in [0.717, 1.165) is 22.6 Å². The summed E-state index contributed by atoms with van der Waals surface area (Å²) in [4.78, 5) is 4.46. The summed E-state index contributed by atoms with van der Waals surface area (Å²) in [6.07, 6.45) is 8.30. The van der Waals surface area contributed by atoms with Gasteiger partial charge in [0.15, 0.2) is 0 Å². The Labute approximate surface area is 145 Å². The molecule has 25 heavy (non-hydrogen) atoms. The summed E-state index contributed by atoms with van der Waals surface area (Å²) in [5.41, 5.74) is 3.00. The Balaban J connectivity index is 1.54. The summed E-state index contributed by atoms with van der Waals surface area (Å²) in [5.74, 6) is 1.25. The molecule has 0 radical (unpaired) electrons. The second-order valence-corrected chi connectivity index (χ2v) is 5.91. The van der Waals surface area contributed by atoms with Crippen LogP contribution in [-0.4, -0.2) is 24.4 Å². The Morgan fingerprint density at radius 3 is 2.60 bits per heavy atom. The van der Waals surface area contributed by atoms with Crippen molar-refractivity contribution in [2.24, 2.45) is 0 Å². The molecule has 5 heteroatoms. The van der Waals surface area contributed by atoms with E-state index in [0.29, 0.717) is 18.7 Å². The molecule has 0 amide bonds. The first-order valence-electron chi connectivity index (χ1n) is 8.15. The molecule has 0 unspecified atom stereocenters. The zero-order valence-corrected chi connectivity index (χ0v) is 13.7. The van der Waals surface area contributed by atoms with Crippen molar-refractivity contribution in [1.82, 2.24) is 19.3 Å². The lowest BCUT2D eigenvalue weighted by molar-refractivity contribution is 0.465. The Morgan fingerprint density at radius 1 is 0.960 bits per heavy atom. The van der Waals surface area contributed by atoms with Gasteiger partial charge in [-0.1, -0.05) is 36.4 Å². The molecule has 0 saturated heterocycles. The van der Waals surface area contributed by atoms with Gasteiger partial charge >= 0.3 is 0 Å². The minimum Gasteiger partial charge on any atom is -0.508 e. The standard InChI is InChI=1S/C20H18N4O/c25-19-9-5-4-6-17(19)15-23-11-10-21-20(23)12-16-13-22-24(14-16)18-7-2-1-3-8-18/h1-11,13-14,25H,12,15H2. The number of aromatic nitrogens is 4. The molecule has 0 bridgehead atoms. The Bertz CT molecular complexity index is 972. The van der Waals surface area contributed by atoms with Crippen LogP contribution in [0.15, 0.2) is 79.4 Å². The van der Waals surface area contributed by atoms with Crippen molar-refractivity contribution in [3.63, 3.8) is 0 Å². The predicted octanol–water partition coefficient (Wildman–Crippen LogP) is 3.41. The predicted molar refractivity (Wildman–Crippen MR) is 95.8 cm³/mol. The zero-order chi connectivity index (χ0) is 17.1. The maximum absolute atomic E-state index is 9.97. The number of phenols is 1. The van der Waals surface area contributed by atoms with E-state index in [2.05, 4.69) is 14.6 Å². The third-order valence-electron chi connectivity index (χ3n) is 4.15. The lowest BCUT2D eigenvalue weighted by atomic mass is 10.2. The highest BCUT2D eigenvalue weighted by molar-refractivity contribution is 5.33. The van der Waals surface area contributed by atoms with E-state index < -0.39 is 0 Å². The van der Waals surface area contributed by atoms with E-state index in [1.807, 2.05) is 71.8 Å². The number of aromatic hydroxyl groups is 1. The smallest absolute Gasteiger partial charge is 0.120 e. The zero-order valence-electron chi connectivity index (χ0n) is 13.7. The summed E-state index contributed by atoms with van der Waals surface area (Å²) in [7, 11) is 0. The van der Waals surface area contributed by atoms with Crippen molar-refractivity contribution < 1.29 is 5.11 Å². The average Bonchev–Trinajstić information content (AvgIpc) is 3.28. The molecule has 124 valence electrons. The van der Waals surface area contributed by atoms with Crippen molar-refractivity contribution in [2.45, 2.75) is 13.0 Å². The molecule has 5 nitrogen and oxygen atoms in total. The molecular weight excluding hydrogens is 312 g/mol. The lowest BCUT2D eigenvalue weighted by Crippen LogP contribution is -2.05. The van der Waals surface area contributed by atoms with Crippen molar-refractivity contribution in [2.75, 3.05) is 0 Å². The minimum absolute atomic E-state index is 0.305. The highest BCUT2D eigenvalue weighted by Crippen LogP contribution is 2.18. The summed E-state index contributed by atoms with van der Waals surface area (Å²) in [5, 5.41) is 14.4. The second kappa shape index (κ2) is 6.65. The molecule has 2 heterocycles. The molecular formula is C20H18N4O. The van der Waals surface area contributed by atoms with E-state index >= 15 is 0 Å². The van der Waals surface area contributed by atoms with Gasteiger partial charge in [0.05, 0.1) is 18.4 Å². The molecule has 0 fully saturated rings. The van der Waals surface area contributed by atoms with Gasteiger partial charge in [-0.15, -0.1) is 0 Å². The van der Waals surface area contributed by atoms with Crippen LogP contribution in [0, 0.1) is 0 Å². The van der Waals surface area contributed by atoms with E-state index in [9.17, 15) is 5.11 Å². The van der Waals surface area contributed by atoms with E-state index in [1.165, 1.54) is 0 Å². The molecule has 0 saturated carbocycles. The normalized spacial score (nSPS) is 10.9.